The first kappa shape index (κ1) is 42.3. The Morgan fingerprint density at radius 1 is 1.05 bits per heavy atom. The number of hydrogen-bond donors (Lipinski definition) is 4. The molecule has 0 saturated carbocycles. The zero-order valence-corrected chi connectivity index (χ0v) is 33.0. The second-order valence-corrected chi connectivity index (χ2v) is 17.7. The smallest absolute Gasteiger partial charge is 0.424 e. The summed E-state index contributed by atoms with van der Waals surface area (Å²) in [6.45, 7) is 10.1. The van der Waals surface area contributed by atoms with Gasteiger partial charge in [0.05, 0.1) is 58.5 Å². The van der Waals surface area contributed by atoms with Gasteiger partial charge in [-0.3, -0.25) is 14.5 Å². The first-order valence-corrected chi connectivity index (χ1v) is 18.7. The Hall–Kier alpha value is -4.81. The highest BCUT2D eigenvalue weighted by Crippen LogP contribution is 2.49. The van der Waals surface area contributed by atoms with Crippen molar-refractivity contribution in [3.63, 3.8) is 0 Å². The van der Waals surface area contributed by atoms with Crippen molar-refractivity contribution < 1.29 is 55.5 Å². The number of fused-ring (bicyclic) bond motifs is 1. The minimum atomic E-state index is -5.46. The molecular formula is C38H45F4N5O8S. The van der Waals surface area contributed by atoms with Gasteiger partial charge in [0, 0.05) is 29.7 Å². The molecule has 3 aromatic rings. The fraction of sp³-hybridized carbons (Fsp3) is 0.474. The molecule has 3 amide bonds. The number of aromatic nitrogens is 1. The molecule has 304 valence electrons. The van der Waals surface area contributed by atoms with E-state index in [4.69, 9.17) is 14.2 Å². The summed E-state index contributed by atoms with van der Waals surface area (Å²) in [5.41, 5.74) is -7.69. The van der Waals surface area contributed by atoms with Crippen molar-refractivity contribution in [2.45, 2.75) is 88.7 Å². The molecule has 0 aliphatic carbocycles. The number of methoxy groups -OCH3 is 1. The molecule has 1 saturated heterocycles. The normalized spacial score (nSPS) is 20.1. The monoisotopic (exact) mass is 807 g/mol. The van der Waals surface area contributed by atoms with E-state index in [0.29, 0.717) is 13.0 Å². The SMILES string of the molecule is COc1cc(C(=O)NC[C@@](O)(c2cc3c(c(-c4ccc(F)cc4)n2)N(C(=O)OC(C)(C)C)C[C@@]3(C)NS(=O)C(C)(C)C)C(F)(F)F)ccc1O[C@H]1CCNC1=O. The first-order chi connectivity index (χ1) is 25.9. The number of pyridine rings is 1. The van der Waals surface area contributed by atoms with Crippen LogP contribution in [0.4, 0.5) is 28.0 Å². The zero-order chi connectivity index (χ0) is 41.6. The highest BCUT2D eigenvalue weighted by atomic mass is 32.2. The van der Waals surface area contributed by atoms with Crippen LogP contribution in [0.25, 0.3) is 11.3 Å². The number of carbonyl (C=O) groups is 3. The molecule has 5 rings (SSSR count). The number of nitrogens with one attached hydrogen (secondary N) is 3. The van der Waals surface area contributed by atoms with E-state index in [-0.39, 0.29) is 52.0 Å². The summed E-state index contributed by atoms with van der Waals surface area (Å²) in [6.07, 6.45) is -6.75. The molecule has 4 N–H and O–H groups in total. The van der Waals surface area contributed by atoms with E-state index in [1.54, 1.807) is 41.5 Å². The topological polar surface area (TPSA) is 168 Å². The number of amides is 3. The van der Waals surface area contributed by atoms with E-state index in [9.17, 15) is 28.1 Å². The minimum Gasteiger partial charge on any atom is -0.493 e. The lowest BCUT2D eigenvalue weighted by molar-refractivity contribution is -0.265. The van der Waals surface area contributed by atoms with Gasteiger partial charge in [-0.15, -0.1) is 0 Å². The average Bonchev–Trinajstić information content (AvgIpc) is 3.64. The summed E-state index contributed by atoms with van der Waals surface area (Å²) in [5.74, 6) is -1.87. The van der Waals surface area contributed by atoms with Crippen molar-refractivity contribution in [2.75, 3.05) is 31.6 Å². The van der Waals surface area contributed by atoms with Crippen molar-refractivity contribution in [1.82, 2.24) is 20.3 Å². The van der Waals surface area contributed by atoms with Crippen LogP contribution in [0.1, 0.15) is 76.5 Å². The second kappa shape index (κ2) is 15.3. The zero-order valence-electron chi connectivity index (χ0n) is 32.1. The van der Waals surface area contributed by atoms with Gasteiger partial charge >= 0.3 is 12.3 Å². The summed E-state index contributed by atoms with van der Waals surface area (Å²) in [4.78, 5) is 44.6. The van der Waals surface area contributed by atoms with Crippen LogP contribution in [-0.2, 0) is 31.7 Å². The van der Waals surface area contributed by atoms with Crippen LogP contribution < -0.4 is 29.7 Å². The Bertz CT molecular complexity index is 2040. The molecule has 2 aliphatic rings. The predicted octanol–water partition coefficient (Wildman–Crippen LogP) is 5.37. The molecule has 2 aromatic carbocycles. The number of alkyl halides is 3. The summed E-state index contributed by atoms with van der Waals surface area (Å²) in [6, 6.07) is 9.36. The van der Waals surface area contributed by atoms with Crippen LogP contribution in [0.15, 0.2) is 48.5 Å². The van der Waals surface area contributed by atoms with E-state index < -0.39 is 74.8 Å². The molecule has 1 aromatic heterocycles. The van der Waals surface area contributed by atoms with Gasteiger partial charge in [0.25, 0.3) is 11.8 Å². The van der Waals surface area contributed by atoms with Crippen molar-refractivity contribution >= 4 is 34.6 Å². The summed E-state index contributed by atoms with van der Waals surface area (Å²) < 4.78 is 92.2. The lowest BCUT2D eigenvalue weighted by Gasteiger charge is -2.33. The number of rotatable bonds is 10. The summed E-state index contributed by atoms with van der Waals surface area (Å²) >= 11 is 0. The third kappa shape index (κ3) is 8.76. The number of hydrogen-bond acceptors (Lipinski definition) is 9. The fourth-order valence-electron chi connectivity index (χ4n) is 6.04. The Morgan fingerprint density at radius 2 is 1.71 bits per heavy atom. The lowest BCUT2D eigenvalue weighted by atomic mass is 9.89. The van der Waals surface area contributed by atoms with Crippen molar-refractivity contribution in [2.24, 2.45) is 0 Å². The number of aliphatic hydroxyl groups is 1. The highest BCUT2D eigenvalue weighted by molar-refractivity contribution is 7.84. The van der Waals surface area contributed by atoms with Crippen LogP contribution in [0.5, 0.6) is 11.5 Å². The van der Waals surface area contributed by atoms with Gasteiger partial charge in [0.1, 0.15) is 11.4 Å². The lowest BCUT2D eigenvalue weighted by Crippen LogP contribution is -2.52. The molecule has 56 heavy (non-hydrogen) atoms. The Balaban J connectivity index is 1.61. The Morgan fingerprint density at radius 3 is 2.27 bits per heavy atom. The molecule has 4 atom stereocenters. The van der Waals surface area contributed by atoms with Crippen LogP contribution in [0.3, 0.4) is 0 Å². The Labute approximate surface area is 324 Å². The second-order valence-electron chi connectivity index (χ2n) is 15.7. The van der Waals surface area contributed by atoms with Crippen molar-refractivity contribution in [3.8, 4) is 22.8 Å². The predicted molar refractivity (Wildman–Crippen MR) is 199 cm³/mol. The third-order valence-corrected chi connectivity index (χ3v) is 10.8. The highest BCUT2D eigenvalue weighted by Gasteiger charge is 2.58. The van der Waals surface area contributed by atoms with Crippen molar-refractivity contribution in [3.05, 3.63) is 71.2 Å². The molecule has 18 heteroatoms. The minimum absolute atomic E-state index is 0.00412. The number of ether oxygens (including phenoxy) is 3. The number of carbonyl (C=O) groups excluding carboxylic acids is 3. The van der Waals surface area contributed by atoms with Gasteiger partial charge in [0.15, 0.2) is 17.6 Å². The van der Waals surface area contributed by atoms with E-state index in [2.05, 4.69) is 20.3 Å². The van der Waals surface area contributed by atoms with Crippen LogP contribution in [0, 0.1) is 5.82 Å². The van der Waals surface area contributed by atoms with Gasteiger partial charge < -0.3 is 30.0 Å². The number of benzene rings is 2. The molecule has 1 fully saturated rings. The number of anilines is 1. The van der Waals surface area contributed by atoms with Gasteiger partial charge in [-0.05, 0) is 97.0 Å². The standard InChI is InChI=1S/C38H45F4N5O8S/c1-34(2,3)55-33(50)47-20-36(7,46-56(52)35(4,5)6)24-18-28(45-29(30(24)47)21-9-12-23(39)13-10-21)37(51,38(40,41)42)19-44-31(48)22-11-14-25(27(17-22)53-8)54-26-15-16-43-32(26)49/h9-14,17-18,26,46,51H,15-16,19-20H2,1-8H3,(H,43,49)(H,44,48)/t26-,36+,37+,56?/m0/s1. The van der Waals surface area contributed by atoms with Gasteiger partial charge in [-0.25, -0.2) is 23.1 Å². The molecule has 0 radical (unpaired) electrons. The quantitative estimate of drug-likeness (QED) is 0.197. The molecule has 1 unspecified atom stereocenters. The van der Waals surface area contributed by atoms with Crippen LogP contribution in [-0.4, -0.2) is 81.6 Å². The van der Waals surface area contributed by atoms with Gasteiger partial charge in [0.2, 0.25) is 5.60 Å². The third-order valence-electron chi connectivity index (χ3n) is 9.03. The maximum atomic E-state index is 15.2. The average molecular weight is 808 g/mol. The van der Waals surface area contributed by atoms with E-state index in [1.807, 2.05) is 0 Å². The van der Waals surface area contributed by atoms with E-state index in [1.165, 1.54) is 44.4 Å². The summed E-state index contributed by atoms with van der Waals surface area (Å²) in [7, 11) is -0.558. The molecule has 0 bridgehead atoms. The van der Waals surface area contributed by atoms with Crippen LogP contribution >= 0.6 is 0 Å². The fourth-order valence-corrected chi connectivity index (χ4v) is 6.93. The van der Waals surface area contributed by atoms with Gasteiger partial charge in [-0.1, -0.05) is 0 Å². The summed E-state index contributed by atoms with van der Waals surface area (Å²) in [5, 5.41) is 16.4. The van der Waals surface area contributed by atoms with E-state index in [0.717, 1.165) is 23.1 Å². The Kier molecular flexibility index (Phi) is 11.5. The maximum absolute atomic E-state index is 15.2. The molecule has 13 nitrogen and oxygen atoms in total. The molecular weight excluding hydrogens is 763 g/mol. The van der Waals surface area contributed by atoms with Crippen LogP contribution in [0.2, 0.25) is 0 Å². The van der Waals surface area contributed by atoms with Gasteiger partial charge in [-0.2, -0.15) is 13.2 Å². The number of nitrogens with zero attached hydrogens (tertiary/aromatic N) is 2. The number of halogens is 4. The molecule has 0 spiro atoms. The molecule has 2 aliphatic heterocycles. The molecule has 3 heterocycles. The van der Waals surface area contributed by atoms with E-state index >= 15 is 13.2 Å². The maximum Gasteiger partial charge on any atom is 0.424 e. The largest absolute Gasteiger partial charge is 0.493 e. The first-order valence-electron chi connectivity index (χ1n) is 17.6. The van der Waals surface area contributed by atoms with Crippen molar-refractivity contribution in [1.29, 1.82) is 0 Å².